The van der Waals surface area contributed by atoms with Crippen LogP contribution in [0.3, 0.4) is 0 Å². The maximum atomic E-state index is 9.19. The maximum absolute atomic E-state index is 9.19. The van der Waals surface area contributed by atoms with Crippen LogP contribution >= 0.6 is 0 Å². The van der Waals surface area contributed by atoms with Gasteiger partial charge in [-0.3, -0.25) is 0 Å². The van der Waals surface area contributed by atoms with Gasteiger partial charge in [-0.25, -0.2) is 0 Å². The van der Waals surface area contributed by atoms with Gasteiger partial charge in [0.15, 0.2) is 0 Å². The van der Waals surface area contributed by atoms with Gasteiger partial charge in [-0.2, -0.15) is 5.26 Å². The number of para-hydroxylation sites is 1. The Morgan fingerprint density at radius 2 is 1.56 bits per heavy atom. The molecule has 2 aromatic rings. The first kappa shape index (κ1) is 10.9. The van der Waals surface area contributed by atoms with E-state index in [1.54, 1.807) is 0 Å². The lowest BCUT2D eigenvalue weighted by atomic mass is 9.87. The van der Waals surface area contributed by atoms with Crippen LogP contribution in [0.2, 0.25) is 0 Å². The number of anilines is 1. The highest BCUT2D eigenvalue weighted by Gasteiger charge is 2.39. The molecule has 1 saturated heterocycles. The summed E-state index contributed by atoms with van der Waals surface area (Å²) >= 11 is 0. The summed E-state index contributed by atoms with van der Waals surface area (Å²) in [5.41, 5.74) is 2.41. The minimum atomic E-state index is -0.00222. The highest BCUT2D eigenvalue weighted by atomic mass is 15.2. The zero-order valence-corrected chi connectivity index (χ0v) is 10.0. The second kappa shape index (κ2) is 4.54. The van der Waals surface area contributed by atoms with Gasteiger partial charge in [0.05, 0.1) is 12.1 Å². The molecule has 2 aromatic carbocycles. The van der Waals surface area contributed by atoms with Crippen LogP contribution in [0, 0.1) is 11.3 Å². The summed E-state index contributed by atoms with van der Waals surface area (Å²) in [6.45, 7) is 0. The van der Waals surface area contributed by atoms with Crippen LogP contribution in [-0.2, 0) is 0 Å². The molecule has 0 aliphatic carbocycles. The van der Waals surface area contributed by atoms with Crippen molar-refractivity contribution in [3.05, 3.63) is 66.2 Å². The van der Waals surface area contributed by atoms with Gasteiger partial charge in [-0.05, 0) is 17.7 Å². The van der Waals surface area contributed by atoms with E-state index >= 15 is 0 Å². The molecule has 1 aliphatic rings. The Labute approximate surface area is 107 Å². The minimum absolute atomic E-state index is 0.00222. The van der Waals surface area contributed by atoms with Gasteiger partial charge >= 0.3 is 0 Å². The van der Waals surface area contributed by atoms with E-state index in [2.05, 4.69) is 47.4 Å². The van der Waals surface area contributed by atoms with Crippen molar-refractivity contribution in [3.8, 4) is 6.07 Å². The first-order valence-corrected chi connectivity index (χ1v) is 6.18. The number of nitrogens with zero attached hydrogens (tertiary/aromatic N) is 2. The lowest BCUT2D eigenvalue weighted by molar-refractivity contribution is 0.402. The fraction of sp³-hybridized carbons (Fsp3) is 0.188. The van der Waals surface area contributed by atoms with Crippen molar-refractivity contribution in [2.24, 2.45) is 0 Å². The molecule has 18 heavy (non-hydrogen) atoms. The van der Waals surface area contributed by atoms with Gasteiger partial charge in [-0.15, -0.1) is 0 Å². The van der Waals surface area contributed by atoms with Crippen LogP contribution in [0.4, 0.5) is 5.69 Å². The summed E-state index contributed by atoms with van der Waals surface area (Å²) in [6.07, 6.45) is 0.912. The van der Waals surface area contributed by atoms with Crippen molar-refractivity contribution in [1.29, 1.82) is 5.26 Å². The first-order chi connectivity index (χ1) is 8.90. The van der Waals surface area contributed by atoms with E-state index in [1.807, 2.05) is 24.3 Å². The van der Waals surface area contributed by atoms with Crippen LogP contribution < -0.4 is 4.90 Å². The molecule has 1 heterocycles. The molecule has 0 aromatic heterocycles. The molecule has 0 saturated carbocycles. The van der Waals surface area contributed by atoms with E-state index in [-0.39, 0.29) is 6.04 Å². The topological polar surface area (TPSA) is 27.0 Å². The van der Waals surface area contributed by atoms with Crippen molar-refractivity contribution in [3.63, 3.8) is 0 Å². The first-order valence-electron chi connectivity index (χ1n) is 6.18. The van der Waals surface area contributed by atoms with Gasteiger partial charge in [0.25, 0.3) is 0 Å². The monoisotopic (exact) mass is 234 g/mol. The summed E-state index contributed by atoms with van der Waals surface area (Å²) in [5, 5.41) is 9.19. The summed E-state index contributed by atoms with van der Waals surface area (Å²) in [7, 11) is 0. The molecule has 3 rings (SSSR count). The second-order valence-corrected chi connectivity index (χ2v) is 4.55. The number of rotatable bonds is 2. The van der Waals surface area contributed by atoms with Crippen LogP contribution in [0.25, 0.3) is 0 Å². The normalized spacial score (nSPS) is 22.1. The van der Waals surface area contributed by atoms with Crippen molar-refractivity contribution in [1.82, 2.24) is 0 Å². The third kappa shape index (κ3) is 1.74. The lowest BCUT2D eigenvalue weighted by Crippen LogP contribution is -2.49. The van der Waals surface area contributed by atoms with Crippen LogP contribution in [0.15, 0.2) is 60.7 Å². The SMILES string of the molecule is N#C[C@@H]1C[C@H](c2ccccc2)N1c1ccccc1. The molecule has 2 heteroatoms. The minimum Gasteiger partial charge on any atom is -0.348 e. The number of benzene rings is 2. The highest BCUT2D eigenvalue weighted by molar-refractivity contribution is 5.55. The van der Waals surface area contributed by atoms with Gasteiger partial charge in [0.2, 0.25) is 0 Å². The maximum Gasteiger partial charge on any atom is 0.119 e. The fourth-order valence-corrected chi connectivity index (χ4v) is 2.56. The second-order valence-electron chi connectivity index (χ2n) is 4.55. The fourth-order valence-electron chi connectivity index (χ4n) is 2.56. The van der Waals surface area contributed by atoms with E-state index in [0.717, 1.165) is 12.1 Å². The molecule has 1 fully saturated rings. The molecule has 1 aliphatic heterocycles. The van der Waals surface area contributed by atoms with Gasteiger partial charge in [0.1, 0.15) is 6.04 Å². The van der Waals surface area contributed by atoms with E-state index in [4.69, 9.17) is 0 Å². The summed E-state index contributed by atoms with van der Waals surface area (Å²) in [6, 6.07) is 23.3. The predicted octanol–water partition coefficient (Wildman–Crippen LogP) is 3.53. The molecule has 0 bridgehead atoms. The summed E-state index contributed by atoms with van der Waals surface area (Å²) in [4.78, 5) is 2.20. The summed E-state index contributed by atoms with van der Waals surface area (Å²) < 4.78 is 0. The van der Waals surface area contributed by atoms with Crippen LogP contribution in [-0.4, -0.2) is 6.04 Å². The zero-order chi connectivity index (χ0) is 12.4. The smallest absolute Gasteiger partial charge is 0.119 e. The van der Waals surface area contributed by atoms with Gasteiger partial charge in [0, 0.05) is 12.1 Å². The Morgan fingerprint density at radius 1 is 0.944 bits per heavy atom. The standard InChI is InChI=1S/C16H14N2/c17-12-15-11-16(13-7-3-1-4-8-13)18(15)14-9-5-2-6-10-14/h1-10,15-16H,11H2/t15-,16+/m0/s1. The lowest BCUT2D eigenvalue weighted by Gasteiger charge is -2.47. The Morgan fingerprint density at radius 3 is 2.17 bits per heavy atom. The molecule has 0 radical (unpaired) electrons. The third-order valence-electron chi connectivity index (χ3n) is 3.51. The third-order valence-corrected chi connectivity index (χ3v) is 3.51. The van der Waals surface area contributed by atoms with Gasteiger partial charge < -0.3 is 4.90 Å². The number of nitriles is 1. The van der Waals surface area contributed by atoms with E-state index in [0.29, 0.717) is 6.04 Å². The van der Waals surface area contributed by atoms with Crippen molar-refractivity contribution >= 4 is 5.69 Å². The Bertz CT molecular complexity index is 557. The molecular weight excluding hydrogens is 220 g/mol. The molecule has 88 valence electrons. The molecule has 0 amide bonds. The molecule has 0 unspecified atom stereocenters. The quantitative estimate of drug-likeness (QED) is 0.794. The van der Waals surface area contributed by atoms with Gasteiger partial charge in [-0.1, -0.05) is 48.5 Å². The van der Waals surface area contributed by atoms with Crippen LogP contribution in [0.1, 0.15) is 18.0 Å². The highest BCUT2D eigenvalue weighted by Crippen LogP contribution is 2.41. The molecule has 0 N–H and O–H groups in total. The average molecular weight is 234 g/mol. The van der Waals surface area contributed by atoms with Crippen molar-refractivity contribution < 1.29 is 0 Å². The van der Waals surface area contributed by atoms with E-state index in [1.165, 1.54) is 5.56 Å². The Hall–Kier alpha value is -2.27. The average Bonchev–Trinajstić information content (AvgIpc) is 2.41. The van der Waals surface area contributed by atoms with Crippen molar-refractivity contribution in [2.45, 2.75) is 18.5 Å². The summed E-state index contributed by atoms with van der Waals surface area (Å²) in [5.74, 6) is 0. The molecule has 2 nitrogen and oxygen atoms in total. The number of hydrogen-bond acceptors (Lipinski definition) is 2. The van der Waals surface area contributed by atoms with Crippen LogP contribution in [0.5, 0.6) is 0 Å². The van der Waals surface area contributed by atoms with Crippen molar-refractivity contribution in [2.75, 3.05) is 4.90 Å². The largest absolute Gasteiger partial charge is 0.348 e. The molecule has 2 atom stereocenters. The zero-order valence-electron chi connectivity index (χ0n) is 10.0. The van der Waals surface area contributed by atoms with E-state index in [9.17, 15) is 5.26 Å². The number of hydrogen-bond donors (Lipinski definition) is 0. The Kier molecular flexibility index (Phi) is 2.74. The Balaban J connectivity index is 1.92. The predicted molar refractivity (Wildman–Crippen MR) is 72.1 cm³/mol. The molecule has 0 spiro atoms. The van der Waals surface area contributed by atoms with E-state index < -0.39 is 0 Å². The molecular formula is C16H14N2.